The van der Waals surface area contributed by atoms with Crippen LogP contribution in [0.3, 0.4) is 0 Å². The highest BCUT2D eigenvalue weighted by molar-refractivity contribution is 9.10. The molecular formula is C15H15BrClNO3. The lowest BCUT2D eigenvalue weighted by Crippen LogP contribution is -2.17. The van der Waals surface area contributed by atoms with Gasteiger partial charge in [-0.25, -0.2) is 9.78 Å². The van der Waals surface area contributed by atoms with E-state index in [1.54, 1.807) is 12.1 Å². The van der Waals surface area contributed by atoms with Crippen LogP contribution in [-0.4, -0.2) is 18.1 Å². The first-order chi connectivity index (χ1) is 9.74. The van der Waals surface area contributed by atoms with E-state index in [0.717, 1.165) is 4.47 Å². The summed E-state index contributed by atoms with van der Waals surface area (Å²) in [6, 6.07) is 5.34. The summed E-state index contributed by atoms with van der Waals surface area (Å²) in [5, 5.41) is 0.544. The van der Waals surface area contributed by atoms with E-state index in [2.05, 4.69) is 20.9 Å². The summed E-state index contributed by atoms with van der Waals surface area (Å²) in [4.78, 5) is 16.3. The molecule has 0 saturated carbocycles. The van der Waals surface area contributed by atoms with E-state index < -0.39 is 5.97 Å². The Morgan fingerprint density at radius 2 is 2.05 bits per heavy atom. The predicted octanol–water partition coefficient (Wildman–Crippen LogP) is 4.84. The Hall–Kier alpha value is -1.33. The summed E-state index contributed by atoms with van der Waals surface area (Å²) in [7, 11) is 1.31. The van der Waals surface area contributed by atoms with Crippen molar-refractivity contribution in [1.29, 1.82) is 0 Å². The van der Waals surface area contributed by atoms with Gasteiger partial charge in [-0.15, -0.1) is 0 Å². The Balaban J connectivity index is 2.58. The molecule has 0 spiro atoms. The number of ether oxygens (including phenoxy) is 1. The third kappa shape index (κ3) is 3.30. The van der Waals surface area contributed by atoms with Gasteiger partial charge in [-0.2, -0.15) is 0 Å². The van der Waals surface area contributed by atoms with Gasteiger partial charge in [-0.1, -0.05) is 32.4 Å². The molecule has 0 bridgehead atoms. The molecule has 0 amide bonds. The fourth-order valence-electron chi connectivity index (χ4n) is 1.81. The SMILES string of the molecule is COC(=O)c1oc(-c2ccc(Br)c(Cl)c2)nc1C(C)(C)C. The van der Waals surface area contributed by atoms with Gasteiger partial charge in [0.25, 0.3) is 0 Å². The van der Waals surface area contributed by atoms with Crippen LogP contribution in [0.25, 0.3) is 11.5 Å². The first-order valence-electron chi connectivity index (χ1n) is 6.29. The van der Waals surface area contributed by atoms with Crippen LogP contribution in [0.5, 0.6) is 0 Å². The maximum absolute atomic E-state index is 11.9. The van der Waals surface area contributed by atoms with E-state index in [1.807, 2.05) is 26.8 Å². The minimum absolute atomic E-state index is 0.124. The zero-order valence-corrected chi connectivity index (χ0v) is 14.5. The number of oxazole rings is 1. The molecule has 6 heteroatoms. The number of rotatable bonds is 2. The van der Waals surface area contributed by atoms with Crippen molar-refractivity contribution < 1.29 is 13.9 Å². The van der Waals surface area contributed by atoms with Crippen molar-refractivity contribution in [2.24, 2.45) is 0 Å². The Labute approximate surface area is 136 Å². The van der Waals surface area contributed by atoms with Crippen molar-refractivity contribution in [2.75, 3.05) is 7.11 Å². The molecule has 0 fully saturated rings. The number of halogens is 2. The van der Waals surface area contributed by atoms with Gasteiger partial charge in [0.15, 0.2) is 0 Å². The zero-order chi connectivity index (χ0) is 15.8. The number of esters is 1. The molecule has 0 aliphatic carbocycles. The van der Waals surface area contributed by atoms with Crippen molar-refractivity contribution in [3.05, 3.63) is 39.1 Å². The molecule has 0 saturated heterocycles. The molecule has 2 aromatic rings. The minimum atomic E-state index is -0.540. The van der Waals surface area contributed by atoms with Gasteiger partial charge >= 0.3 is 5.97 Å². The number of carbonyl (C=O) groups is 1. The van der Waals surface area contributed by atoms with Gasteiger partial charge < -0.3 is 9.15 Å². The van der Waals surface area contributed by atoms with Gasteiger partial charge in [0.05, 0.1) is 12.1 Å². The molecule has 21 heavy (non-hydrogen) atoms. The van der Waals surface area contributed by atoms with Crippen LogP contribution in [0.2, 0.25) is 5.02 Å². The molecule has 0 aliphatic heterocycles. The topological polar surface area (TPSA) is 52.3 Å². The highest BCUT2D eigenvalue weighted by Gasteiger charge is 2.30. The first kappa shape index (κ1) is 16.0. The Morgan fingerprint density at radius 1 is 1.38 bits per heavy atom. The Bertz CT molecular complexity index is 689. The molecule has 2 rings (SSSR count). The Morgan fingerprint density at radius 3 is 2.57 bits per heavy atom. The molecule has 1 aromatic carbocycles. The third-order valence-corrected chi connectivity index (χ3v) is 4.11. The smallest absolute Gasteiger partial charge is 0.376 e. The molecule has 1 aromatic heterocycles. The van der Waals surface area contributed by atoms with Crippen LogP contribution in [0.15, 0.2) is 27.1 Å². The van der Waals surface area contributed by atoms with Crippen LogP contribution < -0.4 is 0 Å². The fraction of sp³-hybridized carbons (Fsp3) is 0.333. The van der Waals surface area contributed by atoms with Gasteiger partial charge in [0.1, 0.15) is 5.69 Å². The number of hydrogen-bond acceptors (Lipinski definition) is 4. The third-order valence-electron chi connectivity index (χ3n) is 2.87. The van der Waals surface area contributed by atoms with Crippen LogP contribution in [0.1, 0.15) is 37.0 Å². The van der Waals surface area contributed by atoms with Crippen LogP contribution in [0, 0.1) is 0 Å². The standard InChI is InChI=1S/C15H15BrClNO3/c1-15(2,3)12-11(14(19)20-4)21-13(18-12)8-5-6-9(16)10(17)7-8/h5-7H,1-4H3. The molecular weight excluding hydrogens is 358 g/mol. The van der Waals surface area contributed by atoms with Crippen LogP contribution in [-0.2, 0) is 10.2 Å². The van der Waals surface area contributed by atoms with Gasteiger partial charge in [0.2, 0.25) is 11.7 Å². The summed E-state index contributed by atoms with van der Waals surface area (Å²) >= 11 is 9.41. The van der Waals surface area contributed by atoms with Gasteiger partial charge in [-0.05, 0) is 34.1 Å². The predicted molar refractivity (Wildman–Crippen MR) is 84.7 cm³/mol. The second kappa shape index (κ2) is 5.81. The highest BCUT2D eigenvalue weighted by Crippen LogP contribution is 2.33. The maximum atomic E-state index is 11.9. The maximum Gasteiger partial charge on any atom is 0.376 e. The Kier molecular flexibility index (Phi) is 4.44. The fourth-order valence-corrected chi connectivity index (χ4v) is 2.24. The van der Waals surface area contributed by atoms with E-state index in [9.17, 15) is 4.79 Å². The van der Waals surface area contributed by atoms with E-state index >= 15 is 0 Å². The summed E-state index contributed by atoms with van der Waals surface area (Å²) in [6.07, 6.45) is 0. The number of methoxy groups -OCH3 is 1. The molecule has 4 nitrogen and oxygen atoms in total. The average molecular weight is 373 g/mol. The number of aromatic nitrogens is 1. The van der Waals surface area contributed by atoms with E-state index in [1.165, 1.54) is 7.11 Å². The second-order valence-corrected chi connectivity index (χ2v) is 6.83. The number of hydrogen-bond donors (Lipinski definition) is 0. The summed E-state index contributed by atoms with van der Waals surface area (Å²) < 4.78 is 11.2. The molecule has 0 aliphatic rings. The summed E-state index contributed by atoms with van der Waals surface area (Å²) in [6.45, 7) is 5.86. The lowest BCUT2D eigenvalue weighted by Gasteiger charge is -2.15. The molecule has 0 N–H and O–H groups in total. The summed E-state index contributed by atoms with van der Waals surface area (Å²) in [5.74, 6) is -0.0735. The largest absolute Gasteiger partial charge is 0.463 e. The van der Waals surface area contributed by atoms with Crippen molar-refractivity contribution in [3.8, 4) is 11.5 Å². The molecule has 0 atom stereocenters. The molecule has 112 valence electrons. The van der Waals surface area contributed by atoms with Crippen molar-refractivity contribution in [2.45, 2.75) is 26.2 Å². The average Bonchev–Trinajstić information content (AvgIpc) is 2.86. The monoisotopic (exact) mass is 371 g/mol. The van der Waals surface area contributed by atoms with Crippen molar-refractivity contribution in [1.82, 2.24) is 4.98 Å². The quantitative estimate of drug-likeness (QED) is 0.708. The van der Waals surface area contributed by atoms with Gasteiger partial charge in [0, 0.05) is 15.5 Å². The van der Waals surface area contributed by atoms with Crippen molar-refractivity contribution >= 4 is 33.5 Å². The van der Waals surface area contributed by atoms with Gasteiger partial charge in [-0.3, -0.25) is 0 Å². The molecule has 1 heterocycles. The lowest BCUT2D eigenvalue weighted by molar-refractivity contribution is 0.0562. The lowest BCUT2D eigenvalue weighted by atomic mass is 9.91. The highest BCUT2D eigenvalue weighted by atomic mass is 79.9. The molecule has 0 radical (unpaired) electrons. The normalized spacial score (nSPS) is 11.5. The molecule has 0 unspecified atom stereocenters. The van der Waals surface area contributed by atoms with E-state index in [-0.39, 0.29) is 11.2 Å². The minimum Gasteiger partial charge on any atom is -0.463 e. The number of benzene rings is 1. The summed E-state index contributed by atoms with van der Waals surface area (Å²) in [5.41, 5.74) is 0.914. The van der Waals surface area contributed by atoms with E-state index in [4.69, 9.17) is 20.8 Å². The first-order valence-corrected chi connectivity index (χ1v) is 7.46. The number of carbonyl (C=O) groups excluding carboxylic acids is 1. The van der Waals surface area contributed by atoms with Crippen LogP contribution >= 0.6 is 27.5 Å². The number of nitrogens with zero attached hydrogens (tertiary/aromatic N) is 1. The van der Waals surface area contributed by atoms with Crippen molar-refractivity contribution in [3.63, 3.8) is 0 Å². The van der Waals surface area contributed by atoms with Crippen LogP contribution in [0.4, 0.5) is 0 Å². The van der Waals surface area contributed by atoms with E-state index in [0.29, 0.717) is 22.2 Å². The zero-order valence-electron chi connectivity index (χ0n) is 12.2. The second-order valence-electron chi connectivity index (χ2n) is 5.57.